The van der Waals surface area contributed by atoms with Gasteiger partial charge in [0, 0.05) is 32.6 Å². The Balaban J connectivity index is 1.89. The number of aromatic nitrogens is 2. The summed E-state index contributed by atoms with van der Waals surface area (Å²) in [4.78, 5) is 17.9. The van der Waals surface area contributed by atoms with Gasteiger partial charge >= 0.3 is 0 Å². The molecule has 0 saturated carbocycles. The molecule has 24 heavy (non-hydrogen) atoms. The molecule has 3 rings (SSSR count). The zero-order chi connectivity index (χ0) is 16.6. The van der Waals surface area contributed by atoms with Crippen LogP contribution >= 0.6 is 0 Å². The predicted molar refractivity (Wildman–Crippen MR) is 98.6 cm³/mol. The molecule has 0 unspecified atom stereocenters. The van der Waals surface area contributed by atoms with Crippen molar-refractivity contribution in [1.29, 1.82) is 0 Å². The topological polar surface area (TPSA) is 66.1 Å². The normalized spacial score (nSPS) is 16.6. The Morgan fingerprint density at radius 2 is 1.33 bits per heavy atom. The molecule has 0 amide bonds. The van der Waals surface area contributed by atoms with E-state index in [4.69, 9.17) is 0 Å². The minimum absolute atomic E-state index is 0.761. The van der Waals surface area contributed by atoms with Gasteiger partial charge in [0.05, 0.1) is 23.3 Å². The fourth-order valence-corrected chi connectivity index (χ4v) is 2.23. The first-order valence-corrected chi connectivity index (χ1v) is 8.03. The lowest BCUT2D eigenvalue weighted by molar-refractivity contribution is 0.759. The Labute approximate surface area is 141 Å². The molecule has 0 radical (unpaired) electrons. The van der Waals surface area contributed by atoms with Crippen LogP contribution in [0.5, 0.6) is 0 Å². The predicted octanol–water partition coefficient (Wildman–Crippen LogP) is 2.58. The second kappa shape index (κ2) is 8.10. The molecule has 2 aromatic heterocycles. The van der Waals surface area contributed by atoms with Crippen molar-refractivity contribution in [3.8, 4) is 0 Å². The van der Waals surface area contributed by atoms with Gasteiger partial charge in [-0.25, -0.2) is 9.97 Å². The van der Waals surface area contributed by atoms with Crippen LogP contribution in [-0.4, -0.2) is 48.7 Å². The van der Waals surface area contributed by atoms with Gasteiger partial charge in [0.25, 0.3) is 0 Å². The fraction of sp³-hybridized carbons (Fsp3) is 0.278. The standard InChI is InChI=1S/C18H20N6/c1-24-18-9-5-8-16(23-18)13-20-11-3-2-10-19-12-15-6-4-7-17(22-15)14-21-24/h4-9,12-14H,2-3,10-11H2,1H3/b19-12?,20-13?,21-14+. The van der Waals surface area contributed by atoms with Crippen molar-refractivity contribution < 1.29 is 0 Å². The number of pyridine rings is 2. The van der Waals surface area contributed by atoms with Gasteiger partial charge in [0.2, 0.25) is 0 Å². The molecule has 0 N–H and O–H groups in total. The Kier molecular flexibility index (Phi) is 5.40. The molecule has 0 aromatic carbocycles. The molecule has 6 nitrogen and oxygen atoms in total. The maximum absolute atomic E-state index is 4.55. The summed E-state index contributed by atoms with van der Waals surface area (Å²) in [5.41, 5.74) is 2.45. The summed E-state index contributed by atoms with van der Waals surface area (Å²) >= 11 is 0. The number of fused-ring (bicyclic) bond motifs is 4. The maximum Gasteiger partial charge on any atom is 0.149 e. The summed E-state index contributed by atoms with van der Waals surface area (Å²) in [6, 6.07) is 11.6. The number of hydrazone groups is 1. The third kappa shape index (κ3) is 4.55. The number of hydrogen-bond donors (Lipinski definition) is 0. The average Bonchev–Trinajstić information content (AvgIpc) is 2.62. The van der Waals surface area contributed by atoms with Gasteiger partial charge in [0.15, 0.2) is 0 Å². The van der Waals surface area contributed by atoms with Crippen molar-refractivity contribution in [2.24, 2.45) is 15.1 Å². The van der Waals surface area contributed by atoms with E-state index >= 15 is 0 Å². The van der Waals surface area contributed by atoms with E-state index < -0.39 is 0 Å². The van der Waals surface area contributed by atoms with Crippen LogP contribution in [0.4, 0.5) is 5.82 Å². The summed E-state index contributed by atoms with van der Waals surface area (Å²) in [6.45, 7) is 1.56. The molecule has 6 heteroatoms. The van der Waals surface area contributed by atoms with E-state index in [1.165, 1.54) is 0 Å². The second-order valence-electron chi connectivity index (χ2n) is 5.45. The van der Waals surface area contributed by atoms with E-state index in [1.54, 1.807) is 11.2 Å². The van der Waals surface area contributed by atoms with Gasteiger partial charge in [0.1, 0.15) is 5.82 Å². The van der Waals surface area contributed by atoms with Crippen LogP contribution in [0.1, 0.15) is 29.9 Å². The summed E-state index contributed by atoms with van der Waals surface area (Å²) in [5, 5.41) is 6.13. The second-order valence-corrected chi connectivity index (χ2v) is 5.45. The molecule has 0 aliphatic carbocycles. The number of nitrogens with zero attached hydrogens (tertiary/aromatic N) is 6. The van der Waals surface area contributed by atoms with E-state index in [9.17, 15) is 0 Å². The molecule has 122 valence electrons. The first-order chi connectivity index (χ1) is 11.8. The van der Waals surface area contributed by atoms with Crippen molar-refractivity contribution in [2.45, 2.75) is 12.8 Å². The Bertz CT molecular complexity index is 766. The van der Waals surface area contributed by atoms with E-state index in [2.05, 4.69) is 25.1 Å². The third-order valence-electron chi connectivity index (χ3n) is 3.51. The fourth-order valence-electron chi connectivity index (χ4n) is 2.23. The molecule has 1 aliphatic rings. The lowest BCUT2D eigenvalue weighted by atomic mass is 10.3. The van der Waals surface area contributed by atoms with Crippen LogP contribution in [0.3, 0.4) is 0 Å². The van der Waals surface area contributed by atoms with Gasteiger partial charge in [-0.3, -0.25) is 15.0 Å². The molecular formula is C18H20N6. The number of aliphatic imine (C=N–C) groups is 2. The van der Waals surface area contributed by atoms with Crippen molar-refractivity contribution >= 4 is 24.5 Å². The lowest BCUT2D eigenvalue weighted by Crippen LogP contribution is -2.11. The number of rotatable bonds is 0. The Morgan fingerprint density at radius 1 is 0.750 bits per heavy atom. The number of anilines is 1. The molecule has 2 aromatic rings. The smallest absolute Gasteiger partial charge is 0.149 e. The zero-order valence-electron chi connectivity index (χ0n) is 13.7. The van der Waals surface area contributed by atoms with Crippen LogP contribution in [0.2, 0.25) is 0 Å². The Morgan fingerprint density at radius 3 is 2.04 bits per heavy atom. The maximum atomic E-state index is 4.55. The van der Waals surface area contributed by atoms with Crippen LogP contribution < -0.4 is 5.01 Å². The highest BCUT2D eigenvalue weighted by atomic mass is 15.5. The summed E-state index contributed by atoms with van der Waals surface area (Å²) in [5.74, 6) is 0.761. The molecule has 0 fully saturated rings. The SMILES string of the molecule is CN1/N=C/c2cccc(n2)C=NCCCCN=Cc2cccc1n2. The van der Waals surface area contributed by atoms with Crippen molar-refractivity contribution in [2.75, 3.05) is 25.1 Å². The van der Waals surface area contributed by atoms with Crippen molar-refractivity contribution in [3.05, 3.63) is 53.5 Å². The largest absolute Gasteiger partial charge is 0.291 e. The first-order valence-electron chi connectivity index (χ1n) is 8.03. The molecule has 3 heterocycles. The summed E-state index contributed by atoms with van der Waals surface area (Å²) in [6.07, 6.45) is 7.35. The van der Waals surface area contributed by atoms with E-state index in [1.807, 2.05) is 55.9 Å². The van der Waals surface area contributed by atoms with E-state index in [0.717, 1.165) is 48.8 Å². The number of hydrogen-bond acceptors (Lipinski definition) is 6. The molecule has 1 aliphatic heterocycles. The average molecular weight is 320 g/mol. The van der Waals surface area contributed by atoms with E-state index in [-0.39, 0.29) is 0 Å². The quantitative estimate of drug-likeness (QED) is 0.749. The molecular weight excluding hydrogens is 300 g/mol. The Hall–Kier alpha value is -2.89. The highest BCUT2D eigenvalue weighted by Gasteiger charge is 2.01. The van der Waals surface area contributed by atoms with Crippen LogP contribution in [0.25, 0.3) is 0 Å². The van der Waals surface area contributed by atoms with Crippen LogP contribution in [0.15, 0.2) is 51.5 Å². The zero-order valence-corrected chi connectivity index (χ0v) is 13.7. The monoisotopic (exact) mass is 320 g/mol. The summed E-state index contributed by atoms with van der Waals surface area (Å²) < 4.78 is 0. The van der Waals surface area contributed by atoms with Crippen LogP contribution in [-0.2, 0) is 0 Å². The van der Waals surface area contributed by atoms with Gasteiger partial charge in [-0.15, -0.1) is 0 Å². The van der Waals surface area contributed by atoms with Crippen LogP contribution in [0, 0.1) is 0 Å². The third-order valence-corrected chi connectivity index (χ3v) is 3.51. The molecule has 0 atom stereocenters. The minimum Gasteiger partial charge on any atom is -0.291 e. The summed E-state index contributed by atoms with van der Waals surface area (Å²) in [7, 11) is 1.86. The molecule has 4 bridgehead atoms. The minimum atomic E-state index is 0.761. The highest BCUT2D eigenvalue weighted by Crippen LogP contribution is 2.09. The van der Waals surface area contributed by atoms with Crippen molar-refractivity contribution in [1.82, 2.24) is 9.97 Å². The van der Waals surface area contributed by atoms with Gasteiger partial charge in [-0.05, 0) is 37.1 Å². The lowest BCUT2D eigenvalue weighted by Gasteiger charge is -2.11. The van der Waals surface area contributed by atoms with Gasteiger partial charge in [-0.2, -0.15) is 5.10 Å². The van der Waals surface area contributed by atoms with Gasteiger partial charge < -0.3 is 0 Å². The molecule has 0 saturated heterocycles. The van der Waals surface area contributed by atoms with E-state index in [0.29, 0.717) is 0 Å². The highest BCUT2D eigenvalue weighted by molar-refractivity contribution is 5.82. The van der Waals surface area contributed by atoms with Gasteiger partial charge in [-0.1, -0.05) is 12.1 Å². The molecule has 0 spiro atoms. The van der Waals surface area contributed by atoms with Crippen molar-refractivity contribution in [3.63, 3.8) is 0 Å². The first kappa shape index (κ1) is 16.0.